The molecule has 2 N–H and O–H groups in total. The lowest BCUT2D eigenvalue weighted by Crippen LogP contribution is -2.19. The molecule has 0 radical (unpaired) electrons. The quantitative estimate of drug-likeness (QED) is 0.941. The highest BCUT2D eigenvalue weighted by atomic mass is 79.9. The van der Waals surface area contributed by atoms with Crippen molar-refractivity contribution in [2.75, 3.05) is 17.7 Å². The number of benzene rings is 1. The molecule has 1 aromatic carbocycles. The van der Waals surface area contributed by atoms with E-state index in [1.54, 1.807) is 0 Å². The lowest BCUT2D eigenvalue weighted by molar-refractivity contribution is 0.888. The summed E-state index contributed by atoms with van der Waals surface area (Å²) < 4.78 is 1.05. The largest absolute Gasteiger partial charge is 0.382 e. The van der Waals surface area contributed by atoms with Gasteiger partial charge in [-0.25, -0.2) is 9.97 Å². The minimum atomic E-state index is 0.292. The molecule has 0 aliphatic heterocycles. The smallest absolute Gasteiger partial charge is 0.153 e. The SMILES string of the molecule is CN(Cc1ccccc1Br)c1ncnc(N)c1Cl. The van der Waals surface area contributed by atoms with Gasteiger partial charge in [0.25, 0.3) is 0 Å². The topological polar surface area (TPSA) is 55.0 Å². The number of anilines is 2. The zero-order chi connectivity index (χ0) is 13.1. The summed E-state index contributed by atoms with van der Waals surface area (Å²) in [5.74, 6) is 0.917. The summed E-state index contributed by atoms with van der Waals surface area (Å²) in [6.45, 7) is 0.678. The van der Waals surface area contributed by atoms with Crippen molar-refractivity contribution in [1.29, 1.82) is 0 Å². The summed E-state index contributed by atoms with van der Waals surface area (Å²) in [5, 5.41) is 0.382. The van der Waals surface area contributed by atoms with Gasteiger partial charge >= 0.3 is 0 Å². The van der Waals surface area contributed by atoms with Crippen molar-refractivity contribution in [3.63, 3.8) is 0 Å². The maximum Gasteiger partial charge on any atom is 0.153 e. The standard InChI is InChI=1S/C12H12BrClN4/c1-18(6-8-4-2-3-5-9(8)13)12-10(14)11(15)16-7-17-12/h2-5,7H,6H2,1H3,(H2,15,16,17). The van der Waals surface area contributed by atoms with Crippen molar-refractivity contribution in [3.05, 3.63) is 45.7 Å². The predicted octanol–water partition coefficient (Wildman–Crippen LogP) is 3.11. The number of halogens is 2. The van der Waals surface area contributed by atoms with Crippen molar-refractivity contribution < 1.29 is 0 Å². The maximum atomic E-state index is 6.09. The number of nitrogen functional groups attached to an aromatic ring is 1. The molecule has 0 atom stereocenters. The zero-order valence-corrected chi connectivity index (χ0v) is 12.1. The molecule has 0 fully saturated rings. The van der Waals surface area contributed by atoms with Crippen molar-refractivity contribution in [2.45, 2.75) is 6.54 Å². The van der Waals surface area contributed by atoms with Crippen molar-refractivity contribution >= 4 is 39.2 Å². The van der Waals surface area contributed by atoms with Crippen LogP contribution in [0, 0.1) is 0 Å². The van der Waals surface area contributed by atoms with E-state index < -0.39 is 0 Å². The van der Waals surface area contributed by atoms with Crippen LogP contribution in [0.2, 0.25) is 5.02 Å². The third-order valence-corrected chi connectivity index (χ3v) is 3.66. The molecule has 1 aromatic heterocycles. The number of hydrogen-bond acceptors (Lipinski definition) is 4. The van der Waals surface area contributed by atoms with Crippen LogP contribution in [0.4, 0.5) is 11.6 Å². The molecule has 0 saturated heterocycles. The summed E-state index contributed by atoms with van der Waals surface area (Å²) in [6, 6.07) is 8.01. The number of rotatable bonds is 3. The van der Waals surface area contributed by atoms with Crippen LogP contribution in [-0.4, -0.2) is 17.0 Å². The molecular weight excluding hydrogens is 316 g/mol. The van der Waals surface area contributed by atoms with E-state index in [1.165, 1.54) is 6.33 Å². The lowest BCUT2D eigenvalue weighted by Gasteiger charge is -2.20. The highest BCUT2D eigenvalue weighted by Gasteiger charge is 2.12. The van der Waals surface area contributed by atoms with Crippen LogP contribution in [0.5, 0.6) is 0 Å². The van der Waals surface area contributed by atoms with Gasteiger partial charge in [-0.2, -0.15) is 0 Å². The fraction of sp³-hybridized carbons (Fsp3) is 0.167. The maximum absolute atomic E-state index is 6.09. The van der Waals surface area contributed by atoms with E-state index in [2.05, 4.69) is 25.9 Å². The van der Waals surface area contributed by atoms with Crippen LogP contribution in [0.15, 0.2) is 35.1 Å². The third kappa shape index (κ3) is 2.73. The molecule has 1 heterocycles. The zero-order valence-electron chi connectivity index (χ0n) is 9.77. The number of nitrogens with zero attached hydrogens (tertiary/aromatic N) is 3. The second kappa shape index (κ2) is 5.54. The van der Waals surface area contributed by atoms with Crippen LogP contribution in [0.3, 0.4) is 0 Å². The summed E-state index contributed by atoms with van der Waals surface area (Å²) >= 11 is 9.60. The monoisotopic (exact) mass is 326 g/mol. The molecule has 4 nitrogen and oxygen atoms in total. The fourth-order valence-corrected chi connectivity index (χ4v) is 2.25. The van der Waals surface area contributed by atoms with Gasteiger partial charge in [0.1, 0.15) is 17.2 Å². The van der Waals surface area contributed by atoms with E-state index >= 15 is 0 Å². The van der Waals surface area contributed by atoms with E-state index in [0.29, 0.717) is 23.2 Å². The van der Waals surface area contributed by atoms with Gasteiger partial charge in [0, 0.05) is 18.1 Å². The molecule has 18 heavy (non-hydrogen) atoms. The molecule has 0 aliphatic rings. The minimum Gasteiger partial charge on any atom is -0.382 e. The third-order valence-electron chi connectivity index (χ3n) is 2.52. The van der Waals surface area contributed by atoms with E-state index in [1.807, 2.05) is 36.2 Å². The summed E-state index contributed by atoms with van der Waals surface area (Å²) in [5.41, 5.74) is 6.81. The van der Waals surface area contributed by atoms with Gasteiger partial charge in [0.15, 0.2) is 5.82 Å². The molecule has 6 heteroatoms. The Labute approximate surface area is 119 Å². The van der Waals surface area contributed by atoms with E-state index in [0.717, 1.165) is 10.0 Å². The summed E-state index contributed by atoms with van der Waals surface area (Å²) in [6.07, 6.45) is 1.41. The van der Waals surface area contributed by atoms with Gasteiger partial charge in [-0.3, -0.25) is 0 Å². The first kappa shape index (κ1) is 13.1. The Morgan fingerprint density at radius 3 is 2.78 bits per heavy atom. The first-order valence-electron chi connectivity index (χ1n) is 5.30. The Hall–Kier alpha value is -1.33. The van der Waals surface area contributed by atoms with Gasteiger partial charge in [-0.1, -0.05) is 45.7 Å². The highest BCUT2D eigenvalue weighted by molar-refractivity contribution is 9.10. The van der Waals surface area contributed by atoms with Gasteiger partial charge in [0.05, 0.1) is 0 Å². The van der Waals surface area contributed by atoms with E-state index in [-0.39, 0.29) is 0 Å². The summed E-state index contributed by atoms with van der Waals surface area (Å²) in [4.78, 5) is 9.93. The first-order valence-corrected chi connectivity index (χ1v) is 6.47. The number of hydrogen-bond donors (Lipinski definition) is 1. The predicted molar refractivity (Wildman–Crippen MR) is 77.7 cm³/mol. The normalized spacial score (nSPS) is 10.4. The average molecular weight is 328 g/mol. The van der Waals surface area contributed by atoms with Crippen LogP contribution < -0.4 is 10.6 Å². The Kier molecular flexibility index (Phi) is 4.04. The van der Waals surface area contributed by atoms with Crippen LogP contribution >= 0.6 is 27.5 Å². The average Bonchev–Trinajstić information content (AvgIpc) is 2.35. The van der Waals surface area contributed by atoms with E-state index in [9.17, 15) is 0 Å². The van der Waals surface area contributed by atoms with Crippen LogP contribution in [0.25, 0.3) is 0 Å². The Morgan fingerprint density at radius 2 is 2.06 bits per heavy atom. The second-order valence-corrected chi connectivity index (χ2v) is 5.08. The Morgan fingerprint density at radius 1 is 1.33 bits per heavy atom. The van der Waals surface area contributed by atoms with Crippen LogP contribution in [0.1, 0.15) is 5.56 Å². The van der Waals surface area contributed by atoms with Crippen LogP contribution in [-0.2, 0) is 6.54 Å². The van der Waals surface area contributed by atoms with E-state index in [4.69, 9.17) is 17.3 Å². The molecule has 0 amide bonds. The van der Waals surface area contributed by atoms with Gasteiger partial charge in [-0.15, -0.1) is 0 Å². The molecule has 0 unspecified atom stereocenters. The highest BCUT2D eigenvalue weighted by Crippen LogP contribution is 2.28. The molecule has 2 rings (SSSR count). The molecular formula is C12H12BrClN4. The lowest BCUT2D eigenvalue weighted by atomic mass is 10.2. The molecule has 0 aliphatic carbocycles. The Bertz CT molecular complexity index is 562. The van der Waals surface area contributed by atoms with Crippen molar-refractivity contribution in [1.82, 2.24) is 9.97 Å². The van der Waals surface area contributed by atoms with Crippen molar-refractivity contribution in [3.8, 4) is 0 Å². The molecule has 2 aromatic rings. The second-order valence-electron chi connectivity index (χ2n) is 3.84. The van der Waals surface area contributed by atoms with Gasteiger partial charge in [-0.05, 0) is 11.6 Å². The van der Waals surface area contributed by atoms with Gasteiger partial charge in [0.2, 0.25) is 0 Å². The molecule has 94 valence electrons. The molecule has 0 spiro atoms. The molecule has 0 bridgehead atoms. The Balaban J connectivity index is 2.25. The number of nitrogens with two attached hydrogens (primary N) is 1. The fourth-order valence-electron chi connectivity index (χ4n) is 1.60. The number of aromatic nitrogens is 2. The first-order chi connectivity index (χ1) is 8.59. The molecule has 0 saturated carbocycles. The van der Waals surface area contributed by atoms with Crippen molar-refractivity contribution in [2.24, 2.45) is 0 Å². The van der Waals surface area contributed by atoms with Gasteiger partial charge < -0.3 is 10.6 Å². The minimum absolute atomic E-state index is 0.292. The summed E-state index contributed by atoms with van der Waals surface area (Å²) in [7, 11) is 1.91.